The van der Waals surface area contributed by atoms with Crippen molar-refractivity contribution < 1.29 is 19.4 Å². The molecule has 0 unspecified atom stereocenters. The molecule has 0 saturated carbocycles. The van der Waals surface area contributed by atoms with Gasteiger partial charge in [0.2, 0.25) is 5.91 Å². The van der Waals surface area contributed by atoms with Crippen molar-refractivity contribution in [2.75, 3.05) is 32.8 Å². The van der Waals surface area contributed by atoms with Gasteiger partial charge in [-0.05, 0) is 55.5 Å². The molecule has 26 heavy (non-hydrogen) atoms. The van der Waals surface area contributed by atoms with Crippen molar-refractivity contribution in [2.24, 2.45) is 0 Å². The van der Waals surface area contributed by atoms with Gasteiger partial charge in [0, 0.05) is 26.6 Å². The lowest BCUT2D eigenvalue weighted by molar-refractivity contribution is -0.133. The maximum Gasteiger partial charge on any atom is 0.219 e. The van der Waals surface area contributed by atoms with Gasteiger partial charge in [-0.15, -0.1) is 0 Å². The van der Waals surface area contributed by atoms with Crippen molar-refractivity contribution in [1.29, 1.82) is 0 Å². The largest absolute Gasteiger partial charge is 0.508 e. The van der Waals surface area contributed by atoms with Crippen LogP contribution in [-0.2, 0) is 20.8 Å². The van der Waals surface area contributed by atoms with Crippen LogP contribution in [0.25, 0.3) is 0 Å². The van der Waals surface area contributed by atoms with Gasteiger partial charge in [-0.25, -0.2) is 0 Å². The number of aryl methyl sites for hydroxylation is 2. The minimum Gasteiger partial charge on any atom is -0.508 e. The Kier molecular flexibility index (Phi) is 5.85. The normalized spacial score (nSPS) is 26.3. The third kappa shape index (κ3) is 4.37. The number of carbonyl (C=O) groups excluding carboxylic acids is 1. The van der Waals surface area contributed by atoms with E-state index in [0.29, 0.717) is 32.1 Å². The topological polar surface area (TPSA) is 71.0 Å². The van der Waals surface area contributed by atoms with Crippen LogP contribution in [0.4, 0.5) is 0 Å². The Balaban J connectivity index is 1.54. The number of benzene rings is 1. The number of ether oxygens (including phenoxy) is 2. The second-order valence-electron chi connectivity index (χ2n) is 7.64. The number of amides is 1. The summed E-state index contributed by atoms with van der Waals surface area (Å²) in [6.45, 7) is 9.56. The monoisotopic (exact) mass is 362 g/mol. The summed E-state index contributed by atoms with van der Waals surface area (Å²) in [5, 5.41) is 13.1. The standard InChI is InChI=1S/C20H30N2O4/c1-14-8-17(24)9-15(2)19(14)11-21-10-18-4-5-20(26-18)12-22(16(3)23)6-7-25-13-20/h8-9,18,21,24H,4-7,10-13H2,1-3H3/t18-,20+/m1/s1. The fraction of sp³-hybridized carbons (Fsp3) is 0.650. The van der Waals surface area contributed by atoms with E-state index in [2.05, 4.69) is 5.32 Å². The van der Waals surface area contributed by atoms with Gasteiger partial charge in [-0.3, -0.25) is 4.79 Å². The zero-order chi connectivity index (χ0) is 18.7. The molecule has 1 aromatic carbocycles. The van der Waals surface area contributed by atoms with E-state index < -0.39 is 0 Å². The predicted octanol–water partition coefficient (Wildman–Crippen LogP) is 1.90. The molecule has 1 aromatic rings. The molecule has 1 spiro atoms. The first kappa shape index (κ1) is 19.1. The summed E-state index contributed by atoms with van der Waals surface area (Å²) in [7, 11) is 0. The van der Waals surface area contributed by atoms with E-state index in [4.69, 9.17) is 9.47 Å². The van der Waals surface area contributed by atoms with E-state index in [1.165, 1.54) is 5.56 Å². The third-order valence-corrected chi connectivity index (χ3v) is 5.49. The van der Waals surface area contributed by atoms with Crippen molar-refractivity contribution in [3.63, 3.8) is 0 Å². The molecule has 144 valence electrons. The minimum absolute atomic E-state index is 0.0818. The fourth-order valence-electron chi connectivity index (χ4n) is 4.04. The molecular weight excluding hydrogens is 332 g/mol. The summed E-state index contributed by atoms with van der Waals surface area (Å²) >= 11 is 0. The number of nitrogens with one attached hydrogen (secondary N) is 1. The van der Waals surface area contributed by atoms with Crippen molar-refractivity contribution in [1.82, 2.24) is 10.2 Å². The highest BCUT2D eigenvalue weighted by Crippen LogP contribution is 2.33. The van der Waals surface area contributed by atoms with E-state index in [1.54, 1.807) is 19.1 Å². The number of nitrogens with zero attached hydrogens (tertiary/aromatic N) is 1. The van der Waals surface area contributed by atoms with E-state index in [1.807, 2.05) is 18.7 Å². The van der Waals surface area contributed by atoms with E-state index in [9.17, 15) is 9.90 Å². The lowest BCUT2D eigenvalue weighted by atomic mass is 10.00. The van der Waals surface area contributed by atoms with Crippen LogP contribution in [0, 0.1) is 13.8 Å². The molecule has 6 heteroatoms. The Morgan fingerprint density at radius 1 is 1.38 bits per heavy atom. The van der Waals surface area contributed by atoms with Gasteiger partial charge in [0.15, 0.2) is 0 Å². The number of hydrogen-bond donors (Lipinski definition) is 2. The molecule has 0 aliphatic carbocycles. The molecule has 0 bridgehead atoms. The predicted molar refractivity (Wildman–Crippen MR) is 99.2 cm³/mol. The van der Waals surface area contributed by atoms with E-state index in [-0.39, 0.29) is 17.6 Å². The van der Waals surface area contributed by atoms with Gasteiger partial charge in [0.1, 0.15) is 11.4 Å². The highest BCUT2D eigenvalue weighted by molar-refractivity contribution is 5.73. The number of hydrogen-bond acceptors (Lipinski definition) is 5. The second kappa shape index (κ2) is 7.94. The molecular formula is C20H30N2O4. The second-order valence-corrected chi connectivity index (χ2v) is 7.64. The number of rotatable bonds is 4. The third-order valence-electron chi connectivity index (χ3n) is 5.49. The summed E-state index contributed by atoms with van der Waals surface area (Å²) in [6, 6.07) is 3.59. The van der Waals surface area contributed by atoms with Crippen molar-refractivity contribution >= 4 is 5.91 Å². The molecule has 2 aliphatic heterocycles. The smallest absolute Gasteiger partial charge is 0.219 e. The highest BCUT2D eigenvalue weighted by atomic mass is 16.6. The maximum absolute atomic E-state index is 11.8. The zero-order valence-electron chi connectivity index (χ0n) is 16.0. The van der Waals surface area contributed by atoms with Crippen molar-refractivity contribution in [2.45, 2.75) is 51.9 Å². The summed E-state index contributed by atoms with van der Waals surface area (Å²) in [5.74, 6) is 0.395. The molecule has 2 fully saturated rings. The molecule has 3 rings (SSSR count). The Labute approximate surface area is 155 Å². The van der Waals surface area contributed by atoms with Crippen LogP contribution in [0.2, 0.25) is 0 Å². The Morgan fingerprint density at radius 3 is 2.81 bits per heavy atom. The molecule has 2 heterocycles. The minimum atomic E-state index is -0.362. The van der Waals surface area contributed by atoms with E-state index >= 15 is 0 Å². The highest BCUT2D eigenvalue weighted by Gasteiger charge is 2.43. The molecule has 1 amide bonds. The summed E-state index contributed by atoms with van der Waals surface area (Å²) in [5.41, 5.74) is 3.04. The van der Waals surface area contributed by atoms with Crippen LogP contribution >= 0.6 is 0 Å². The molecule has 2 atom stereocenters. The Hall–Kier alpha value is -1.63. The Bertz CT molecular complexity index is 640. The fourth-order valence-corrected chi connectivity index (χ4v) is 4.04. The first-order chi connectivity index (χ1) is 12.4. The summed E-state index contributed by atoms with van der Waals surface area (Å²) in [4.78, 5) is 13.6. The van der Waals surface area contributed by atoms with Gasteiger partial charge < -0.3 is 24.8 Å². The molecule has 0 aromatic heterocycles. The van der Waals surface area contributed by atoms with Gasteiger partial charge >= 0.3 is 0 Å². The van der Waals surface area contributed by atoms with Crippen LogP contribution in [0.15, 0.2) is 12.1 Å². The summed E-state index contributed by atoms with van der Waals surface area (Å²) < 4.78 is 12.1. The van der Waals surface area contributed by atoms with Crippen LogP contribution in [0.5, 0.6) is 5.75 Å². The number of carbonyl (C=O) groups is 1. The quantitative estimate of drug-likeness (QED) is 0.856. The van der Waals surface area contributed by atoms with Gasteiger partial charge in [-0.1, -0.05) is 0 Å². The first-order valence-electron chi connectivity index (χ1n) is 9.39. The summed E-state index contributed by atoms with van der Waals surface area (Å²) in [6.07, 6.45) is 2.01. The lowest BCUT2D eigenvalue weighted by Crippen LogP contribution is -2.46. The van der Waals surface area contributed by atoms with Crippen LogP contribution < -0.4 is 5.32 Å². The van der Waals surface area contributed by atoms with Gasteiger partial charge in [-0.2, -0.15) is 0 Å². The van der Waals surface area contributed by atoms with Crippen LogP contribution in [-0.4, -0.2) is 60.5 Å². The first-order valence-corrected chi connectivity index (χ1v) is 9.39. The SMILES string of the molecule is CC(=O)N1CCOC[C@]2(CC[C@H](CNCc3c(C)cc(O)cc3C)O2)C1. The average molecular weight is 362 g/mol. The van der Waals surface area contributed by atoms with Crippen LogP contribution in [0.1, 0.15) is 36.5 Å². The maximum atomic E-state index is 11.8. The molecule has 2 aliphatic rings. The van der Waals surface area contributed by atoms with Gasteiger partial charge in [0.05, 0.1) is 25.9 Å². The molecule has 2 N–H and O–H groups in total. The van der Waals surface area contributed by atoms with Crippen molar-refractivity contribution in [3.8, 4) is 5.75 Å². The number of phenolic OH excluding ortho intramolecular Hbond substituents is 1. The van der Waals surface area contributed by atoms with E-state index in [0.717, 1.165) is 37.1 Å². The van der Waals surface area contributed by atoms with Crippen LogP contribution in [0.3, 0.4) is 0 Å². The zero-order valence-corrected chi connectivity index (χ0v) is 16.0. The van der Waals surface area contributed by atoms with Crippen molar-refractivity contribution in [3.05, 3.63) is 28.8 Å². The Morgan fingerprint density at radius 2 is 2.12 bits per heavy atom. The molecule has 2 saturated heterocycles. The number of phenols is 1. The molecule has 6 nitrogen and oxygen atoms in total. The number of aromatic hydroxyl groups is 1. The molecule has 0 radical (unpaired) electrons. The lowest BCUT2D eigenvalue weighted by Gasteiger charge is -2.31. The van der Waals surface area contributed by atoms with Gasteiger partial charge in [0.25, 0.3) is 0 Å². The average Bonchev–Trinajstić information content (AvgIpc) is 2.82.